The fraction of sp³-hybridized carbons (Fsp3) is 0.550. The van der Waals surface area contributed by atoms with E-state index in [0.717, 1.165) is 30.6 Å². The molecule has 1 aromatic carbocycles. The molecule has 3 rings (SSSR count). The topological polar surface area (TPSA) is 75.7 Å². The van der Waals surface area contributed by atoms with Crippen molar-refractivity contribution in [3.05, 3.63) is 23.2 Å². The van der Waals surface area contributed by atoms with E-state index >= 15 is 0 Å². The number of nitrogens with one attached hydrogen (secondary N) is 1. The maximum absolute atomic E-state index is 12.3. The Morgan fingerprint density at radius 2 is 2.00 bits per heavy atom. The number of ether oxygens (including phenoxy) is 1. The zero-order valence-electron chi connectivity index (χ0n) is 16.1. The number of fused-ring (bicyclic) bond motifs is 1. The van der Waals surface area contributed by atoms with E-state index in [0.29, 0.717) is 16.6 Å². The Bertz CT molecular complexity index is 765. The monoisotopic (exact) mass is 424 g/mol. The smallest absolute Gasteiger partial charge is 0.307 e. The first kappa shape index (κ1) is 21.0. The summed E-state index contributed by atoms with van der Waals surface area (Å²) in [4.78, 5) is 39.3. The lowest BCUT2D eigenvalue weighted by molar-refractivity contribution is -0.152. The molecule has 2 amide bonds. The number of carbonyl (C=O) groups excluding carboxylic acids is 3. The fourth-order valence-electron chi connectivity index (χ4n) is 3.54. The molecule has 1 saturated carbocycles. The first-order valence-electron chi connectivity index (χ1n) is 9.52. The molecule has 2 aliphatic rings. The van der Waals surface area contributed by atoms with Crippen LogP contribution in [-0.2, 0) is 19.1 Å². The predicted molar refractivity (Wildman–Crippen MR) is 109 cm³/mol. The summed E-state index contributed by atoms with van der Waals surface area (Å²) >= 11 is 7.23. The summed E-state index contributed by atoms with van der Waals surface area (Å²) in [7, 11) is 1.77. The molecule has 1 aliphatic heterocycles. The van der Waals surface area contributed by atoms with Gasteiger partial charge in [-0.05, 0) is 49.8 Å². The van der Waals surface area contributed by atoms with Crippen LogP contribution in [0, 0.1) is 5.92 Å². The molecule has 1 fully saturated rings. The molecular weight excluding hydrogens is 400 g/mol. The molecule has 8 heteroatoms. The van der Waals surface area contributed by atoms with Gasteiger partial charge in [0.05, 0.1) is 17.4 Å². The zero-order valence-corrected chi connectivity index (χ0v) is 17.6. The van der Waals surface area contributed by atoms with Crippen LogP contribution in [0.5, 0.6) is 0 Å². The lowest BCUT2D eigenvalue weighted by atomic mass is 9.87. The number of carbonyl (C=O) groups is 3. The summed E-state index contributed by atoms with van der Waals surface area (Å²) < 4.78 is 5.15. The van der Waals surface area contributed by atoms with Gasteiger partial charge >= 0.3 is 5.97 Å². The van der Waals surface area contributed by atoms with Crippen molar-refractivity contribution in [2.75, 3.05) is 19.0 Å². The second-order valence-corrected chi connectivity index (χ2v) is 9.20. The molecule has 1 aromatic rings. The highest BCUT2D eigenvalue weighted by atomic mass is 35.5. The van der Waals surface area contributed by atoms with E-state index in [1.165, 1.54) is 11.8 Å². The van der Waals surface area contributed by atoms with Crippen molar-refractivity contribution in [3.63, 3.8) is 0 Å². The average molecular weight is 425 g/mol. The summed E-state index contributed by atoms with van der Waals surface area (Å²) in [6.45, 7) is 1.94. The van der Waals surface area contributed by atoms with Crippen LogP contribution in [0.4, 0.5) is 5.69 Å². The first-order valence-corrected chi connectivity index (χ1v) is 10.8. The summed E-state index contributed by atoms with van der Waals surface area (Å²) in [6, 6.07) is 5.44. The van der Waals surface area contributed by atoms with Crippen molar-refractivity contribution in [2.24, 2.45) is 5.92 Å². The van der Waals surface area contributed by atoms with Crippen LogP contribution >= 0.6 is 23.4 Å². The van der Waals surface area contributed by atoms with Gasteiger partial charge in [-0.25, -0.2) is 0 Å². The fourth-order valence-corrected chi connectivity index (χ4v) is 4.79. The Morgan fingerprint density at radius 1 is 1.29 bits per heavy atom. The number of nitrogens with zero attached hydrogens (tertiary/aromatic N) is 1. The van der Waals surface area contributed by atoms with E-state index in [1.807, 2.05) is 6.07 Å². The second-order valence-electron chi connectivity index (χ2n) is 7.52. The van der Waals surface area contributed by atoms with Crippen molar-refractivity contribution in [2.45, 2.75) is 55.2 Å². The van der Waals surface area contributed by atoms with Gasteiger partial charge in [-0.2, -0.15) is 0 Å². The van der Waals surface area contributed by atoms with Crippen LogP contribution in [0.3, 0.4) is 0 Å². The third-order valence-corrected chi connectivity index (χ3v) is 6.91. The number of hydrogen-bond donors (Lipinski definition) is 1. The second kappa shape index (κ2) is 9.18. The maximum Gasteiger partial charge on any atom is 0.307 e. The molecule has 0 aromatic heterocycles. The standard InChI is InChI=1S/C20H25ClN2O4S/c1-12-3-6-14(7-4-12)23(2)18(24)11-27-19(25)10-17-20(26)22-15-9-13(21)5-8-16(15)28-17/h5,8-9,12,14,17H,3-4,6-7,10-11H2,1-2H3,(H,22,26). The predicted octanol–water partition coefficient (Wildman–Crippen LogP) is 3.72. The molecule has 0 saturated heterocycles. The average Bonchev–Trinajstić information content (AvgIpc) is 2.67. The SMILES string of the molecule is CC1CCC(N(C)C(=O)COC(=O)CC2Sc3ccc(Cl)cc3NC2=O)CC1. The normalized spacial score (nSPS) is 24.1. The van der Waals surface area contributed by atoms with Crippen LogP contribution in [0.1, 0.15) is 39.0 Å². The zero-order chi connectivity index (χ0) is 20.3. The molecule has 1 atom stereocenters. The van der Waals surface area contributed by atoms with Crippen molar-refractivity contribution < 1.29 is 19.1 Å². The summed E-state index contributed by atoms with van der Waals surface area (Å²) in [5.41, 5.74) is 0.644. The Labute approximate surface area is 174 Å². The molecule has 1 heterocycles. The number of anilines is 1. The van der Waals surface area contributed by atoms with Crippen LogP contribution in [0.2, 0.25) is 5.02 Å². The van der Waals surface area contributed by atoms with Crippen LogP contribution in [0.15, 0.2) is 23.1 Å². The van der Waals surface area contributed by atoms with E-state index in [2.05, 4.69) is 12.2 Å². The molecule has 6 nitrogen and oxygen atoms in total. The van der Waals surface area contributed by atoms with Gasteiger partial charge in [-0.15, -0.1) is 11.8 Å². The van der Waals surface area contributed by atoms with Gasteiger partial charge in [0.15, 0.2) is 6.61 Å². The number of rotatable bonds is 5. The molecular formula is C20H25ClN2O4S. The number of amides is 2. The summed E-state index contributed by atoms with van der Waals surface area (Å²) in [5.74, 6) is -0.313. The molecule has 0 radical (unpaired) electrons. The van der Waals surface area contributed by atoms with E-state index in [1.54, 1.807) is 24.1 Å². The van der Waals surface area contributed by atoms with Crippen molar-refractivity contribution >= 4 is 46.8 Å². The number of likely N-dealkylation sites (N-methyl/N-ethyl adjacent to an activating group) is 1. The minimum atomic E-state index is -0.589. The lowest BCUT2D eigenvalue weighted by Crippen LogP contribution is -2.41. The summed E-state index contributed by atoms with van der Waals surface area (Å²) in [6.07, 6.45) is 4.11. The van der Waals surface area contributed by atoms with E-state index < -0.39 is 11.2 Å². The van der Waals surface area contributed by atoms with Gasteiger partial charge in [0.2, 0.25) is 5.91 Å². The minimum absolute atomic E-state index is 0.0868. The molecule has 1 N–H and O–H groups in total. The Kier molecular flexibility index (Phi) is 6.88. The van der Waals surface area contributed by atoms with Crippen LogP contribution in [-0.4, -0.2) is 47.6 Å². The van der Waals surface area contributed by atoms with Crippen LogP contribution < -0.4 is 5.32 Å². The largest absolute Gasteiger partial charge is 0.456 e. The molecule has 0 spiro atoms. The Hall–Kier alpha value is -1.73. The quantitative estimate of drug-likeness (QED) is 0.729. The van der Waals surface area contributed by atoms with Gasteiger partial charge < -0.3 is 15.0 Å². The van der Waals surface area contributed by atoms with Gasteiger partial charge in [-0.1, -0.05) is 18.5 Å². The number of halogens is 1. The highest BCUT2D eigenvalue weighted by Gasteiger charge is 2.30. The summed E-state index contributed by atoms with van der Waals surface area (Å²) in [5, 5.41) is 2.70. The van der Waals surface area contributed by atoms with Crippen LogP contribution in [0.25, 0.3) is 0 Å². The third kappa shape index (κ3) is 5.20. The minimum Gasteiger partial charge on any atom is -0.456 e. The number of esters is 1. The Morgan fingerprint density at radius 3 is 2.71 bits per heavy atom. The third-order valence-electron chi connectivity index (χ3n) is 5.40. The van der Waals surface area contributed by atoms with Crippen molar-refractivity contribution in [1.82, 2.24) is 4.90 Å². The molecule has 1 unspecified atom stereocenters. The van der Waals surface area contributed by atoms with Crippen molar-refractivity contribution in [3.8, 4) is 0 Å². The van der Waals surface area contributed by atoms with E-state index in [-0.39, 0.29) is 30.9 Å². The molecule has 152 valence electrons. The highest BCUT2D eigenvalue weighted by molar-refractivity contribution is 8.01. The van der Waals surface area contributed by atoms with E-state index in [9.17, 15) is 14.4 Å². The Balaban J connectivity index is 1.47. The lowest BCUT2D eigenvalue weighted by Gasteiger charge is -2.33. The van der Waals surface area contributed by atoms with Gasteiger partial charge in [-0.3, -0.25) is 14.4 Å². The number of hydrogen-bond acceptors (Lipinski definition) is 5. The van der Waals surface area contributed by atoms with Crippen molar-refractivity contribution in [1.29, 1.82) is 0 Å². The molecule has 0 bridgehead atoms. The van der Waals surface area contributed by atoms with E-state index in [4.69, 9.17) is 16.3 Å². The molecule has 28 heavy (non-hydrogen) atoms. The van der Waals surface area contributed by atoms with Gasteiger partial charge in [0.1, 0.15) is 0 Å². The highest BCUT2D eigenvalue weighted by Crippen LogP contribution is 2.38. The number of benzene rings is 1. The van der Waals surface area contributed by atoms with Gasteiger partial charge in [0, 0.05) is 23.0 Å². The maximum atomic E-state index is 12.3. The van der Waals surface area contributed by atoms with Gasteiger partial charge in [0.25, 0.3) is 5.91 Å². The first-order chi connectivity index (χ1) is 13.3. The number of thioether (sulfide) groups is 1. The molecule has 1 aliphatic carbocycles.